The summed E-state index contributed by atoms with van der Waals surface area (Å²) >= 11 is 6.05. The maximum absolute atomic E-state index is 10.6. The number of rotatable bonds is 3. The first-order chi connectivity index (χ1) is 8.16. The van der Waals surface area contributed by atoms with Crippen LogP contribution in [0.2, 0.25) is 5.02 Å². The van der Waals surface area contributed by atoms with Crippen molar-refractivity contribution in [3.63, 3.8) is 0 Å². The Labute approximate surface area is 117 Å². The fourth-order valence-electron chi connectivity index (χ4n) is 1.89. The molecule has 1 heterocycles. The lowest BCUT2D eigenvalue weighted by molar-refractivity contribution is -0.384. The van der Waals surface area contributed by atoms with Crippen LogP contribution in [-0.4, -0.2) is 36.0 Å². The van der Waals surface area contributed by atoms with Crippen molar-refractivity contribution in [1.82, 2.24) is 10.2 Å². The van der Waals surface area contributed by atoms with E-state index >= 15 is 0 Å². The van der Waals surface area contributed by atoms with Crippen LogP contribution in [0.4, 0.5) is 5.69 Å². The van der Waals surface area contributed by atoms with E-state index in [0.717, 1.165) is 38.3 Å². The summed E-state index contributed by atoms with van der Waals surface area (Å²) in [6.45, 7) is 4.66. The first-order valence-corrected chi connectivity index (χ1v) is 5.90. The zero-order valence-electron chi connectivity index (χ0n) is 9.76. The van der Waals surface area contributed by atoms with Crippen LogP contribution in [0.1, 0.15) is 5.56 Å². The van der Waals surface area contributed by atoms with Crippen molar-refractivity contribution in [3.05, 3.63) is 38.9 Å². The summed E-state index contributed by atoms with van der Waals surface area (Å²) < 4.78 is 0. The van der Waals surface area contributed by atoms with Crippen LogP contribution in [0, 0.1) is 10.1 Å². The van der Waals surface area contributed by atoms with Gasteiger partial charge in [0, 0.05) is 44.9 Å². The molecule has 0 bridgehead atoms. The third-order valence-electron chi connectivity index (χ3n) is 2.85. The second kappa shape index (κ2) is 6.89. The quantitative estimate of drug-likeness (QED) is 0.684. The van der Waals surface area contributed by atoms with Crippen molar-refractivity contribution in [1.29, 1.82) is 0 Å². The van der Waals surface area contributed by atoms with E-state index in [1.165, 1.54) is 12.1 Å². The van der Waals surface area contributed by atoms with E-state index in [9.17, 15) is 10.1 Å². The highest BCUT2D eigenvalue weighted by Crippen LogP contribution is 2.23. The Morgan fingerprint density at radius 2 is 2.06 bits per heavy atom. The standard InChI is InChI=1S/C11H14ClN3O2.ClH/c12-11-7-10(15(16)17)2-1-9(11)8-14-5-3-13-4-6-14;/h1-2,7,13H,3-6,8H2;1H. The number of halogens is 2. The fraction of sp³-hybridized carbons (Fsp3) is 0.455. The molecule has 0 aliphatic carbocycles. The molecule has 5 nitrogen and oxygen atoms in total. The Bertz CT molecular complexity index is 423. The largest absolute Gasteiger partial charge is 0.314 e. The molecule has 0 saturated carbocycles. The number of piperazine rings is 1. The summed E-state index contributed by atoms with van der Waals surface area (Å²) in [5.74, 6) is 0. The molecule has 1 saturated heterocycles. The SMILES string of the molecule is Cl.O=[N+]([O-])c1ccc(CN2CCNCC2)c(Cl)c1. The molecule has 7 heteroatoms. The Morgan fingerprint density at radius 1 is 1.39 bits per heavy atom. The van der Waals surface area contributed by atoms with E-state index in [0.29, 0.717) is 5.02 Å². The van der Waals surface area contributed by atoms with Gasteiger partial charge in [0.25, 0.3) is 5.69 Å². The van der Waals surface area contributed by atoms with Crippen LogP contribution >= 0.6 is 24.0 Å². The molecule has 100 valence electrons. The molecule has 1 aliphatic heterocycles. The van der Waals surface area contributed by atoms with Gasteiger partial charge in [-0.05, 0) is 11.6 Å². The summed E-state index contributed by atoms with van der Waals surface area (Å²) in [7, 11) is 0. The first kappa shape index (κ1) is 15.2. The smallest absolute Gasteiger partial charge is 0.270 e. The number of nitrogens with zero attached hydrogens (tertiary/aromatic N) is 2. The van der Waals surface area contributed by atoms with Gasteiger partial charge in [-0.2, -0.15) is 0 Å². The maximum Gasteiger partial charge on any atom is 0.270 e. The third-order valence-corrected chi connectivity index (χ3v) is 3.20. The van der Waals surface area contributed by atoms with Crippen LogP contribution in [0.3, 0.4) is 0 Å². The van der Waals surface area contributed by atoms with Crippen molar-refractivity contribution >= 4 is 29.7 Å². The molecule has 18 heavy (non-hydrogen) atoms. The zero-order valence-corrected chi connectivity index (χ0v) is 11.3. The first-order valence-electron chi connectivity index (χ1n) is 5.53. The van der Waals surface area contributed by atoms with Crippen molar-refractivity contribution < 1.29 is 4.92 Å². The number of benzene rings is 1. The van der Waals surface area contributed by atoms with E-state index in [1.807, 2.05) is 0 Å². The minimum atomic E-state index is -0.430. The number of hydrogen-bond acceptors (Lipinski definition) is 4. The molecule has 0 aromatic heterocycles. The van der Waals surface area contributed by atoms with Crippen LogP contribution in [0.5, 0.6) is 0 Å². The average molecular weight is 292 g/mol. The van der Waals surface area contributed by atoms with Crippen molar-refractivity contribution in [2.75, 3.05) is 26.2 Å². The highest BCUT2D eigenvalue weighted by atomic mass is 35.5. The molecule has 2 rings (SSSR count). The molecular formula is C11H15Cl2N3O2. The predicted octanol–water partition coefficient (Wildman–Crippen LogP) is 2.08. The molecule has 0 spiro atoms. The van der Waals surface area contributed by atoms with Gasteiger partial charge in [-0.3, -0.25) is 15.0 Å². The maximum atomic E-state index is 10.6. The number of nitrogens with one attached hydrogen (secondary N) is 1. The topological polar surface area (TPSA) is 58.4 Å². The normalized spacial score (nSPS) is 16.1. The summed E-state index contributed by atoms with van der Waals surface area (Å²) in [6.07, 6.45) is 0. The minimum Gasteiger partial charge on any atom is -0.314 e. The molecule has 1 fully saturated rings. The molecule has 0 radical (unpaired) electrons. The monoisotopic (exact) mass is 291 g/mol. The van der Waals surface area contributed by atoms with E-state index in [-0.39, 0.29) is 18.1 Å². The molecule has 1 aromatic rings. The summed E-state index contributed by atoms with van der Waals surface area (Å²) in [4.78, 5) is 12.4. The second-order valence-electron chi connectivity index (χ2n) is 4.06. The number of nitro benzene ring substituents is 1. The van der Waals surface area contributed by atoms with Crippen LogP contribution < -0.4 is 5.32 Å². The summed E-state index contributed by atoms with van der Waals surface area (Å²) in [5, 5.41) is 14.3. The Hall–Kier alpha value is -0.880. The van der Waals surface area contributed by atoms with Gasteiger partial charge in [-0.1, -0.05) is 11.6 Å². The van der Waals surface area contributed by atoms with E-state index in [2.05, 4.69) is 10.2 Å². The molecule has 0 atom stereocenters. The molecule has 1 aliphatic rings. The lowest BCUT2D eigenvalue weighted by Gasteiger charge is -2.27. The van der Waals surface area contributed by atoms with Gasteiger partial charge in [-0.25, -0.2) is 0 Å². The molecule has 0 unspecified atom stereocenters. The van der Waals surface area contributed by atoms with Gasteiger partial charge in [-0.15, -0.1) is 12.4 Å². The van der Waals surface area contributed by atoms with Crippen LogP contribution in [0.25, 0.3) is 0 Å². The second-order valence-corrected chi connectivity index (χ2v) is 4.47. The highest BCUT2D eigenvalue weighted by molar-refractivity contribution is 6.31. The highest BCUT2D eigenvalue weighted by Gasteiger charge is 2.14. The van der Waals surface area contributed by atoms with Gasteiger partial charge in [0.1, 0.15) is 0 Å². The van der Waals surface area contributed by atoms with E-state index in [1.54, 1.807) is 6.07 Å². The van der Waals surface area contributed by atoms with Gasteiger partial charge in [0.05, 0.1) is 9.95 Å². The molecule has 1 aromatic carbocycles. The predicted molar refractivity (Wildman–Crippen MR) is 73.5 cm³/mol. The summed E-state index contributed by atoms with van der Waals surface area (Å²) in [5.41, 5.74) is 0.984. The van der Waals surface area contributed by atoms with E-state index < -0.39 is 4.92 Å². The van der Waals surface area contributed by atoms with Gasteiger partial charge >= 0.3 is 0 Å². The third kappa shape index (κ3) is 3.81. The molecule has 0 amide bonds. The van der Waals surface area contributed by atoms with Crippen molar-refractivity contribution in [2.24, 2.45) is 0 Å². The molecule has 1 N–H and O–H groups in total. The molecular weight excluding hydrogens is 277 g/mol. The van der Waals surface area contributed by atoms with Gasteiger partial charge < -0.3 is 5.32 Å². The van der Waals surface area contributed by atoms with Crippen LogP contribution in [-0.2, 0) is 6.54 Å². The number of nitro groups is 1. The average Bonchev–Trinajstić information content (AvgIpc) is 2.33. The van der Waals surface area contributed by atoms with Gasteiger partial charge in [0.15, 0.2) is 0 Å². The van der Waals surface area contributed by atoms with Crippen LogP contribution in [0.15, 0.2) is 18.2 Å². The van der Waals surface area contributed by atoms with E-state index in [4.69, 9.17) is 11.6 Å². The Morgan fingerprint density at radius 3 is 2.61 bits per heavy atom. The van der Waals surface area contributed by atoms with Gasteiger partial charge in [0.2, 0.25) is 0 Å². The zero-order chi connectivity index (χ0) is 12.3. The van der Waals surface area contributed by atoms with Crippen molar-refractivity contribution in [3.8, 4) is 0 Å². The minimum absolute atomic E-state index is 0. The fourth-order valence-corrected chi connectivity index (χ4v) is 2.12. The number of non-ortho nitro benzene ring substituents is 1. The van der Waals surface area contributed by atoms with Crippen molar-refractivity contribution in [2.45, 2.75) is 6.54 Å². The number of hydrogen-bond donors (Lipinski definition) is 1. The Kier molecular flexibility index (Phi) is 5.81. The Balaban J connectivity index is 0.00000162. The summed E-state index contributed by atoms with van der Waals surface area (Å²) in [6, 6.07) is 4.66. The lowest BCUT2D eigenvalue weighted by atomic mass is 10.2. The lowest BCUT2D eigenvalue weighted by Crippen LogP contribution is -2.42.